The Morgan fingerprint density at radius 2 is 2.15 bits per heavy atom. The first-order valence-corrected chi connectivity index (χ1v) is 3.58. The van der Waals surface area contributed by atoms with E-state index in [1.54, 1.807) is 0 Å². The minimum Gasteiger partial charge on any atom is -0.478 e. The number of amides is 1. The van der Waals surface area contributed by atoms with E-state index in [2.05, 4.69) is 5.32 Å². The van der Waals surface area contributed by atoms with Crippen LogP contribution >= 0.6 is 0 Å². The molecule has 0 radical (unpaired) electrons. The molecular formula is C8H6N2O3. The SMILES string of the molecule is Nc1cc(C(=O)O)c2cc1C(=O)N2. The molecule has 0 atom stereocenters. The lowest BCUT2D eigenvalue weighted by molar-refractivity contribution is 0.0698. The van der Waals surface area contributed by atoms with Crippen molar-refractivity contribution in [1.29, 1.82) is 0 Å². The predicted molar refractivity (Wildman–Crippen MR) is 45.8 cm³/mol. The normalized spacial score (nSPS) is 12.8. The summed E-state index contributed by atoms with van der Waals surface area (Å²) in [5.41, 5.74) is 6.32. The van der Waals surface area contributed by atoms with Crippen molar-refractivity contribution >= 4 is 23.3 Å². The Kier molecular flexibility index (Phi) is 1.30. The van der Waals surface area contributed by atoms with Crippen LogP contribution < -0.4 is 11.1 Å². The smallest absolute Gasteiger partial charge is 0.337 e. The first kappa shape index (κ1) is 7.60. The summed E-state index contributed by atoms with van der Waals surface area (Å²) in [6.07, 6.45) is 0. The van der Waals surface area contributed by atoms with Crippen molar-refractivity contribution < 1.29 is 14.7 Å². The number of carbonyl (C=O) groups excluding carboxylic acids is 1. The molecule has 2 bridgehead atoms. The van der Waals surface area contributed by atoms with Gasteiger partial charge in [-0.1, -0.05) is 0 Å². The fourth-order valence-electron chi connectivity index (χ4n) is 1.28. The number of nitrogens with two attached hydrogens (primary N) is 1. The van der Waals surface area contributed by atoms with Crippen molar-refractivity contribution in [2.75, 3.05) is 11.1 Å². The second-order valence-corrected chi connectivity index (χ2v) is 2.74. The summed E-state index contributed by atoms with van der Waals surface area (Å²) in [6, 6.07) is 2.73. The van der Waals surface area contributed by atoms with Crippen molar-refractivity contribution in [2.24, 2.45) is 0 Å². The average molecular weight is 178 g/mol. The molecule has 2 rings (SSSR count). The number of carboxylic acid groups (broad SMARTS) is 1. The van der Waals surface area contributed by atoms with E-state index in [4.69, 9.17) is 10.8 Å². The van der Waals surface area contributed by atoms with Gasteiger partial charge in [-0.15, -0.1) is 0 Å². The van der Waals surface area contributed by atoms with Crippen LogP contribution in [-0.2, 0) is 0 Å². The average Bonchev–Trinajstić information content (AvgIpc) is 2.37. The molecule has 66 valence electrons. The lowest BCUT2D eigenvalue weighted by Crippen LogP contribution is -2.05. The largest absolute Gasteiger partial charge is 0.478 e. The van der Waals surface area contributed by atoms with Crippen LogP contribution in [0, 0.1) is 0 Å². The van der Waals surface area contributed by atoms with Gasteiger partial charge < -0.3 is 16.2 Å². The Morgan fingerprint density at radius 3 is 2.77 bits per heavy atom. The van der Waals surface area contributed by atoms with E-state index in [0.717, 1.165) is 0 Å². The van der Waals surface area contributed by atoms with Crippen LogP contribution in [0.25, 0.3) is 0 Å². The van der Waals surface area contributed by atoms with Crippen molar-refractivity contribution in [2.45, 2.75) is 0 Å². The Hall–Kier alpha value is -2.04. The lowest BCUT2D eigenvalue weighted by atomic mass is 10.1. The zero-order chi connectivity index (χ0) is 9.59. The summed E-state index contributed by atoms with van der Waals surface area (Å²) in [6.45, 7) is 0. The Bertz CT molecular complexity index is 426. The molecule has 13 heavy (non-hydrogen) atoms. The van der Waals surface area contributed by atoms with Crippen molar-refractivity contribution in [3.05, 3.63) is 23.3 Å². The maximum Gasteiger partial charge on any atom is 0.337 e. The van der Waals surface area contributed by atoms with Gasteiger partial charge in [-0.05, 0) is 12.1 Å². The molecule has 4 N–H and O–H groups in total. The molecule has 1 aromatic carbocycles. The van der Waals surface area contributed by atoms with E-state index in [-0.39, 0.29) is 17.2 Å². The Labute approximate surface area is 73.2 Å². The lowest BCUT2D eigenvalue weighted by Gasteiger charge is -1.98. The van der Waals surface area contributed by atoms with Gasteiger partial charge in [-0.3, -0.25) is 4.79 Å². The molecule has 0 aliphatic carbocycles. The van der Waals surface area contributed by atoms with E-state index < -0.39 is 5.97 Å². The first-order valence-electron chi connectivity index (χ1n) is 3.58. The molecule has 1 heterocycles. The third-order valence-corrected chi connectivity index (χ3v) is 1.91. The number of anilines is 2. The predicted octanol–water partition coefficient (Wildman–Crippen LogP) is 0.533. The molecule has 0 aromatic heterocycles. The third kappa shape index (κ3) is 0.936. The number of carboxylic acids is 1. The van der Waals surface area contributed by atoms with Gasteiger partial charge >= 0.3 is 5.97 Å². The number of benzene rings is 1. The second-order valence-electron chi connectivity index (χ2n) is 2.74. The number of nitrogens with one attached hydrogen (secondary N) is 1. The molecule has 0 unspecified atom stereocenters. The summed E-state index contributed by atoms with van der Waals surface area (Å²) < 4.78 is 0. The van der Waals surface area contributed by atoms with E-state index in [9.17, 15) is 9.59 Å². The van der Waals surface area contributed by atoms with Gasteiger partial charge in [0.2, 0.25) is 0 Å². The molecule has 5 heteroatoms. The van der Waals surface area contributed by atoms with Crippen molar-refractivity contribution in [1.82, 2.24) is 0 Å². The molecule has 1 aromatic rings. The molecule has 1 aliphatic rings. The summed E-state index contributed by atoms with van der Waals surface area (Å²) >= 11 is 0. The maximum atomic E-state index is 11.1. The highest BCUT2D eigenvalue weighted by Crippen LogP contribution is 2.29. The molecule has 1 aliphatic heterocycles. The van der Waals surface area contributed by atoms with E-state index in [1.807, 2.05) is 0 Å². The summed E-state index contributed by atoms with van der Waals surface area (Å²) in [5, 5.41) is 11.1. The van der Waals surface area contributed by atoms with Gasteiger partial charge in [-0.25, -0.2) is 4.79 Å². The number of nitrogen functional groups attached to an aromatic ring is 1. The monoisotopic (exact) mass is 178 g/mol. The van der Waals surface area contributed by atoms with Crippen molar-refractivity contribution in [3.8, 4) is 0 Å². The van der Waals surface area contributed by atoms with Gasteiger partial charge in [0.25, 0.3) is 5.91 Å². The fraction of sp³-hybridized carbons (Fsp3) is 0. The van der Waals surface area contributed by atoms with Crippen LogP contribution in [0.1, 0.15) is 20.7 Å². The highest BCUT2D eigenvalue weighted by Gasteiger charge is 2.24. The van der Waals surface area contributed by atoms with Crippen LogP contribution in [0.5, 0.6) is 0 Å². The Balaban J connectivity index is 2.67. The second kappa shape index (κ2) is 2.22. The van der Waals surface area contributed by atoms with Crippen LogP contribution in [0.4, 0.5) is 11.4 Å². The van der Waals surface area contributed by atoms with Gasteiger partial charge in [-0.2, -0.15) is 0 Å². The highest BCUT2D eigenvalue weighted by atomic mass is 16.4. The molecule has 5 nitrogen and oxygen atoms in total. The van der Waals surface area contributed by atoms with Crippen LogP contribution in [-0.4, -0.2) is 17.0 Å². The van der Waals surface area contributed by atoms with Gasteiger partial charge in [0.05, 0.1) is 16.8 Å². The summed E-state index contributed by atoms with van der Waals surface area (Å²) in [5.74, 6) is -1.45. The molecule has 1 amide bonds. The van der Waals surface area contributed by atoms with E-state index in [1.165, 1.54) is 12.1 Å². The standard InChI is InChI=1S/C8H6N2O3/c9-5-1-4(8(12)13)6-2-3(5)7(11)10-6/h1-2H,9H2,(H,10,11)(H,12,13). The van der Waals surface area contributed by atoms with Gasteiger partial charge in [0.1, 0.15) is 0 Å². The minimum atomic E-state index is -1.10. The van der Waals surface area contributed by atoms with Gasteiger partial charge in [0, 0.05) is 5.69 Å². The van der Waals surface area contributed by atoms with Crippen LogP contribution in [0.2, 0.25) is 0 Å². The summed E-state index contributed by atoms with van der Waals surface area (Å²) in [4.78, 5) is 21.8. The number of aromatic carboxylic acids is 1. The third-order valence-electron chi connectivity index (χ3n) is 1.91. The zero-order valence-corrected chi connectivity index (χ0v) is 6.50. The molecular weight excluding hydrogens is 172 g/mol. The Morgan fingerprint density at radius 1 is 1.46 bits per heavy atom. The molecule has 0 spiro atoms. The topological polar surface area (TPSA) is 92.4 Å². The number of carbonyl (C=O) groups is 2. The minimum absolute atomic E-state index is 0.0205. The zero-order valence-electron chi connectivity index (χ0n) is 6.50. The maximum absolute atomic E-state index is 11.1. The first-order chi connectivity index (χ1) is 6.09. The number of hydrogen-bond donors (Lipinski definition) is 3. The van der Waals surface area contributed by atoms with E-state index in [0.29, 0.717) is 11.3 Å². The molecule has 0 saturated heterocycles. The van der Waals surface area contributed by atoms with E-state index >= 15 is 0 Å². The number of hydrogen-bond acceptors (Lipinski definition) is 3. The molecule has 0 saturated carbocycles. The van der Waals surface area contributed by atoms with Crippen LogP contribution in [0.15, 0.2) is 12.1 Å². The number of rotatable bonds is 1. The fourth-order valence-corrected chi connectivity index (χ4v) is 1.28. The van der Waals surface area contributed by atoms with Gasteiger partial charge in [0.15, 0.2) is 0 Å². The molecule has 0 fully saturated rings. The number of fused-ring (bicyclic) bond motifs is 2. The quantitative estimate of drug-likeness (QED) is 0.547. The van der Waals surface area contributed by atoms with Crippen molar-refractivity contribution in [3.63, 3.8) is 0 Å². The van der Waals surface area contributed by atoms with Crippen LogP contribution in [0.3, 0.4) is 0 Å². The summed E-state index contributed by atoms with van der Waals surface area (Å²) in [7, 11) is 0. The highest BCUT2D eigenvalue weighted by molar-refractivity contribution is 6.16.